The summed E-state index contributed by atoms with van der Waals surface area (Å²) < 4.78 is 0. The topological polar surface area (TPSA) is 68.2 Å². The maximum absolute atomic E-state index is 12.0. The van der Waals surface area contributed by atoms with Crippen molar-refractivity contribution in [3.05, 3.63) is 0 Å². The van der Waals surface area contributed by atoms with E-state index in [4.69, 9.17) is 5.26 Å². The number of nitriles is 1. The van der Waals surface area contributed by atoms with Crippen LogP contribution in [0.4, 0.5) is 0 Å². The van der Waals surface area contributed by atoms with Gasteiger partial charge in [-0.1, -0.05) is 0 Å². The van der Waals surface area contributed by atoms with E-state index < -0.39 is 0 Å². The number of rotatable bonds is 5. The van der Waals surface area contributed by atoms with Gasteiger partial charge < -0.3 is 15.5 Å². The van der Waals surface area contributed by atoms with Crippen molar-refractivity contribution in [2.75, 3.05) is 26.7 Å². The van der Waals surface area contributed by atoms with Crippen molar-refractivity contribution >= 4 is 5.91 Å². The summed E-state index contributed by atoms with van der Waals surface area (Å²) in [4.78, 5) is 13.6. The molecule has 17 heavy (non-hydrogen) atoms. The quantitative estimate of drug-likeness (QED) is 0.712. The lowest BCUT2D eigenvalue weighted by molar-refractivity contribution is -0.130. The highest BCUT2D eigenvalue weighted by molar-refractivity contribution is 5.79. The highest BCUT2D eigenvalue weighted by Crippen LogP contribution is 2.16. The molecule has 0 aromatic carbocycles. The largest absolute Gasteiger partial charge is 0.326 e. The van der Waals surface area contributed by atoms with Crippen molar-refractivity contribution < 1.29 is 4.79 Å². The summed E-state index contributed by atoms with van der Waals surface area (Å²) >= 11 is 0. The van der Waals surface area contributed by atoms with Crippen LogP contribution in [0.15, 0.2) is 0 Å². The van der Waals surface area contributed by atoms with Gasteiger partial charge >= 0.3 is 0 Å². The number of hydrogen-bond acceptors (Lipinski definition) is 4. The normalized spacial score (nSPS) is 20.4. The number of likely N-dealkylation sites (tertiary alicyclic amines) is 1. The van der Waals surface area contributed by atoms with E-state index >= 15 is 0 Å². The van der Waals surface area contributed by atoms with E-state index in [1.54, 1.807) is 4.90 Å². The van der Waals surface area contributed by atoms with E-state index in [1.807, 2.05) is 20.9 Å². The second-order valence-electron chi connectivity index (χ2n) is 5.14. The van der Waals surface area contributed by atoms with Crippen molar-refractivity contribution in [3.8, 4) is 6.07 Å². The lowest BCUT2D eigenvalue weighted by Crippen LogP contribution is -2.51. The molecular formula is C12H22N4O. The van der Waals surface area contributed by atoms with Crippen molar-refractivity contribution in [1.29, 1.82) is 5.26 Å². The van der Waals surface area contributed by atoms with Gasteiger partial charge in [-0.05, 0) is 33.7 Å². The molecule has 1 saturated heterocycles. The second kappa shape index (κ2) is 5.99. The maximum atomic E-state index is 12.0. The third-order valence-corrected chi connectivity index (χ3v) is 3.06. The summed E-state index contributed by atoms with van der Waals surface area (Å²) in [6, 6.07) is 1.96. The Kier molecular flexibility index (Phi) is 4.91. The molecule has 96 valence electrons. The Morgan fingerprint density at radius 2 is 2.29 bits per heavy atom. The molecule has 1 atom stereocenters. The Hall–Kier alpha value is -1.12. The van der Waals surface area contributed by atoms with Crippen LogP contribution >= 0.6 is 0 Å². The van der Waals surface area contributed by atoms with Crippen molar-refractivity contribution in [3.63, 3.8) is 0 Å². The molecular weight excluding hydrogens is 216 g/mol. The van der Waals surface area contributed by atoms with Crippen LogP contribution in [0.5, 0.6) is 0 Å². The Balaban J connectivity index is 2.42. The minimum atomic E-state index is -0.225. The molecule has 0 radical (unpaired) electrons. The molecule has 0 aliphatic carbocycles. The summed E-state index contributed by atoms with van der Waals surface area (Å²) in [5.41, 5.74) is -0.119. The fourth-order valence-electron chi connectivity index (χ4n) is 2.12. The zero-order chi connectivity index (χ0) is 12.9. The molecule has 5 heteroatoms. The Bertz CT molecular complexity index is 308. The molecule has 0 saturated carbocycles. The third-order valence-electron chi connectivity index (χ3n) is 3.06. The van der Waals surface area contributed by atoms with E-state index in [0.717, 1.165) is 19.4 Å². The van der Waals surface area contributed by atoms with E-state index in [1.165, 1.54) is 0 Å². The van der Waals surface area contributed by atoms with Crippen LogP contribution in [0.3, 0.4) is 0 Å². The first-order valence-corrected chi connectivity index (χ1v) is 6.09. The first-order valence-electron chi connectivity index (χ1n) is 6.09. The molecule has 0 spiro atoms. The number of carbonyl (C=O) groups is 1. The summed E-state index contributed by atoms with van der Waals surface area (Å²) in [7, 11) is 1.89. The van der Waals surface area contributed by atoms with Gasteiger partial charge in [-0.25, -0.2) is 0 Å². The van der Waals surface area contributed by atoms with Crippen molar-refractivity contribution in [1.82, 2.24) is 15.5 Å². The van der Waals surface area contributed by atoms with Crippen LogP contribution < -0.4 is 10.6 Å². The second-order valence-corrected chi connectivity index (χ2v) is 5.14. The molecule has 0 aromatic heterocycles. The Labute approximate surface area is 103 Å². The van der Waals surface area contributed by atoms with Crippen LogP contribution in [-0.2, 0) is 4.79 Å². The SMILES string of the molecule is CNCC(C)(C)NCC(=O)N1CCC[C@H]1C#N. The van der Waals surface area contributed by atoms with Gasteiger partial charge in [0, 0.05) is 18.6 Å². The highest BCUT2D eigenvalue weighted by Gasteiger charge is 2.29. The summed E-state index contributed by atoms with van der Waals surface area (Å²) in [5, 5.41) is 15.2. The van der Waals surface area contributed by atoms with Crippen LogP contribution in [0.25, 0.3) is 0 Å². The molecule has 1 rings (SSSR count). The molecule has 0 bridgehead atoms. The van der Waals surface area contributed by atoms with Crippen LogP contribution in [0.1, 0.15) is 26.7 Å². The molecule has 2 N–H and O–H groups in total. The average molecular weight is 238 g/mol. The number of hydrogen-bond donors (Lipinski definition) is 2. The number of amides is 1. The zero-order valence-corrected chi connectivity index (χ0v) is 10.9. The minimum absolute atomic E-state index is 0.0261. The number of nitrogens with one attached hydrogen (secondary N) is 2. The van der Waals surface area contributed by atoms with Gasteiger partial charge in [0.15, 0.2) is 0 Å². The lowest BCUT2D eigenvalue weighted by Gasteiger charge is -2.27. The van der Waals surface area contributed by atoms with Crippen LogP contribution in [-0.4, -0.2) is 49.1 Å². The van der Waals surface area contributed by atoms with Crippen LogP contribution in [0, 0.1) is 11.3 Å². The van der Waals surface area contributed by atoms with E-state index in [-0.39, 0.29) is 17.5 Å². The Morgan fingerprint density at radius 1 is 1.59 bits per heavy atom. The summed E-state index contributed by atoms with van der Waals surface area (Å²) in [5.74, 6) is 0.0261. The van der Waals surface area contributed by atoms with Gasteiger partial charge in [0.2, 0.25) is 5.91 Å². The van der Waals surface area contributed by atoms with Gasteiger partial charge in [-0.2, -0.15) is 5.26 Å². The van der Waals surface area contributed by atoms with Gasteiger partial charge in [0.1, 0.15) is 6.04 Å². The fourth-order valence-corrected chi connectivity index (χ4v) is 2.12. The molecule has 1 aliphatic rings. The third kappa shape index (κ3) is 3.99. The van der Waals surface area contributed by atoms with E-state index in [0.29, 0.717) is 13.1 Å². The Morgan fingerprint density at radius 3 is 2.88 bits per heavy atom. The monoisotopic (exact) mass is 238 g/mol. The van der Waals surface area contributed by atoms with E-state index in [2.05, 4.69) is 16.7 Å². The standard InChI is InChI=1S/C12H22N4O/c1-12(2,9-14-3)15-8-11(17)16-6-4-5-10(16)7-13/h10,14-15H,4-6,8-9H2,1-3H3/t10-/m0/s1. The molecule has 1 fully saturated rings. The molecule has 1 heterocycles. The zero-order valence-electron chi connectivity index (χ0n) is 10.9. The molecule has 0 unspecified atom stereocenters. The van der Waals surface area contributed by atoms with Gasteiger partial charge in [-0.3, -0.25) is 4.79 Å². The number of likely N-dealkylation sites (N-methyl/N-ethyl adjacent to an activating group) is 1. The lowest BCUT2D eigenvalue weighted by atomic mass is 10.1. The van der Waals surface area contributed by atoms with Gasteiger partial charge in [0.05, 0.1) is 12.6 Å². The predicted octanol–water partition coefficient (Wildman–Crippen LogP) is 0.0886. The molecule has 1 amide bonds. The first-order chi connectivity index (χ1) is 8.00. The smallest absolute Gasteiger partial charge is 0.237 e. The van der Waals surface area contributed by atoms with Crippen LogP contribution in [0.2, 0.25) is 0 Å². The predicted molar refractivity (Wildman–Crippen MR) is 66.4 cm³/mol. The molecule has 5 nitrogen and oxygen atoms in total. The van der Waals surface area contributed by atoms with Gasteiger partial charge in [0.25, 0.3) is 0 Å². The molecule has 1 aliphatic heterocycles. The van der Waals surface area contributed by atoms with Gasteiger partial charge in [-0.15, -0.1) is 0 Å². The number of nitrogens with zero attached hydrogens (tertiary/aromatic N) is 2. The van der Waals surface area contributed by atoms with Crippen molar-refractivity contribution in [2.45, 2.75) is 38.3 Å². The highest BCUT2D eigenvalue weighted by atomic mass is 16.2. The minimum Gasteiger partial charge on any atom is -0.326 e. The summed E-state index contributed by atoms with van der Waals surface area (Å²) in [6.07, 6.45) is 1.74. The van der Waals surface area contributed by atoms with E-state index in [9.17, 15) is 4.79 Å². The summed E-state index contributed by atoms with van der Waals surface area (Å²) in [6.45, 7) is 5.89. The van der Waals surface area contributed by atoms with Crippen molar-refractivity contribution in [2.24, 2.45) is 0 Å². The number of carbonyl (C=O) groups excluding carboxylic acids is 1. The first kappa shape index (κ1) is 13.9. The average Bonchev–Trinajstić information content (AvgIpc) is 2.74. The maximum Gasteiger partial charge on any atom is 0.237 e. The fraction of sp³-hybridized carbons (Fsp3) is 0.833. The molecule has 0 aromatic rings.